The summed E-state index contributed by atoms with van der Waals surface area (Å²) in [6, 6.07) is 17.0. The lowest BCUT2D eigenvalue weighted by atomic mass is 9.91. The molecule has 1 aliphatic carbocycles. The number of nitrogens with zero attached hydrogens (tertiary/aromatic N) is 2. The van der Waals surface area contributed by atoms with Crippen molar-refractivity contribution < 1.29 is 14.3 Å². The standard InChI is InChI=1S/C27H29N3O3S/c31-27(25-17-20-6-5-19-3-1-2-4-22(19)26(20)34-25)28-23-8-7-21(29-9-13-32-14-10-29)18-24(23)30-11-15-33-16-12-30/h1-4,7-8,17-18H,5-6,9-16H2,(H,28,31). The number of amides is 1. The number of carbonyl (C=O) groups is 1. The topological polar surface area (TPSA) is 54.0 Å². The molecule has 34 heavy (non-hydrogen) atoms. The number of rotatable bonds is 4. The minimum atomic E-state index is -0.0366. The number of anilines is 3. The van der Waals surface area contributed by atoms with Gasteiger partial charge in [-0.2, -0.15) is 0 Å². The largest absolute Gasteiger partial charge is 0.378 e. The number of aryl methyl sites for hydroxylation is 2. The molecule has 0 bridgehead atoms. The third-order valence-electron chi connectivity index (χ3n) is 6.92. The summed E-state index contributed by atoms with van der Waals surface area (Å²) in [7, 11) is 0. The van der Waals surface area contributed by atoms with Crippen molar-refractivity contribution >= 4 is 34.3 Å². The molecule has 7 heteroatoms. The molecule has 2 saturated heterocycles. The maximum atomic E-state index is 13.4. The quantitative estimate of drug-likeness (QED) is 0.605. The lowest BCUT2D eigenvalue weighted by Gasteiger charge is -2.33. The Bertz CT molecular complexity index is 1200. The number of thiophene rings is 1. The van der Waals surface area contributed by atoms with E-state index in [1.54, 1.807) is 11.3 Å². The SMILES string of the molecule is O=C(Nc1ccc(N2CCOCC2)cc1N1CCOCC1)c1cc2c(s1)-c1ccccc1CC2. The van der Waals surface area contributed by atoms with E-state index in [2.05, 4.69) is 63.6 Å². The van der Waals surface area contributed by atoms with Gasteiger partial charge in [0.1, 0.15) is 0 Å². The number of carbonyl (C=O) groups excluding carboxylic acids is 1. The molecule has 0 unspecified atom stereocenters. The number of ether oxygens (including phenoxy) is 2. The molecule has 0 radical (unpaired) electrons. The highest BCUT2D eigenvalue weighted by atomic mass is 32.1. The van der Waals surface area contributed by atoms with Crippen LogP contribution in [0.25, 0.3) is 10.4 Å². The third-order valence-corrected chi connectivity index (χ3v) is 8.13. The molecular formula is C27H29N3O3S. The lowest BCUT2D eigenvalue weighted by molar-refractivity contribution is 0.103. The maximum absolute atomic E-state index is 13.4. The average molecular weight is 476 g/mol. The minimum absolute atomic E-state index is 0.0366. The third kappa shape index (κ3) is 4.19. The Morgan fingerprint density at radius 3 is 2.32 bits per heavy atom. The summed E-state index contributed by atoms with van der Waals surface area (Å²) in [6.07, 6.45) is 2.02. The zero-order chi connectivity index (χ0) is 22.9. The number of hydrogen-bond donors (Lipinski definition) is 1. The summed E-state index contributed by atoms with van der Waals surface area (Å²) >= 11 is 1.60. The first-order valence-corrected chi connectivity index (χ1v) is 12.9. The van der Waals surface area contributed by atoms with Gasteiger partial charge < -0.3 is 24.6 Å². The highest BCUT2D eigenvalue weighted by molar-refractivity contribution is 7.17. The van der Waals surface area contributed by atoms with Crippen LogP contribution in [0, 0.1) is 0 Å². The van der Waals surface area contributed by atoms with Gasteiger partial charge in [0.05, 0.1) is 42.7 Å². The van der Waals surface area contributed by atoms with E-state index in [1.165, 1.54) is 27.3 Å². The van der Waals surface area contributed by atoms with Gasteiger partial charge in [-0.05, 0) is 53.8 Å². The number of hydrogen-bond acceptors (Lipinski definition) is 6. The molecule has 0 atom stereocenters. The van der Waals surface area contributed by atoms with E-state index in [0.29, 0.717) is 13.2 Å². The van der Waals surface area contributed by atoms with E-state index >= 15 is 0 Å². The Balaban J connectivity index is 1.29. The Morgan fingerprint density at radius 2 is 1.53 bits per heavy atom. The van der Waals surface area contributed by atoms with Gasteiger partial charge in [-0.15, -0.1) is 11.3 Å². The van der Waals surface area contributed by atoms with Gasteiger partial charge in [-0.25, -0.2) is 0 Å². The van der Waals surface area contributed by atoms with Crippen molar-refractivity contribution in [3.8, 4) is 10.4 Å². The number of morpholine rings is 2. The minimum Gasteiger partial charge on any atom is -0.378 e. The molecule has 2 aromatic carbocycles. The van der Waals surface area contributed by atoms with E-state index in [4.69, 9.17) is 9.47 Å². The van der Waals surface area contributed by atoms with E-state index in [9.17, 15) is 4.79 Å². The fourth-order valence-electron chi connectivity index (χ4n) is 5.08. The van der Waals surface area contributed by atoms with Crippen molar-refractivity contribution in [2.24, 2.45) is 0 Å². The van der Waals surface area contributed by atoms with E-state index in [0.717, 1.165) is 68.5 Å². The van der Waals surface area contributed by atoms with Crippen LogP contribution in [0.1, 0.15) is 20.8 Å². The number of nitrogens with one attached hydrogen (secondary N) is 1. The van der Waals surface area contributed by atoms with Gasteiger partial charge in [0, 0.05) is 36.7 Å². The molecule has 2 aliphatic heterocycles. The van der Waals surface area contributed by atoms with Crippen LogP contribution in [0.5, 0.6) is 0 Å². The highest BCUT2D eigenvalue weighted by Gasteiger charge is 2.23. The molecule has 3 aliphatic rings. The van der Waals surface area contributed by atoms with Gasteiger partial charge in [0.25, 0.3) is 5.91 Å². The monoisotopic (exact) mass is 475 g/mol. The van der Waals surface area contributed by atoms with Crippen LogP contribution in [0.3, 0.4) is 0 Å². The Labute approximate surface area is 204 Å². The predicted octanol–water partition coefficient (Wildman–Crippen LogP) is 4.44. The fourth-order valence-corrected chi connectivity index (χ4v) is 6.24. The molecule has 2 fully saturated rings. The van der Waals surface area contributed by atoms with Gasteiger partial charge in [-0.3, -0.25) is 4.79 Å². The van der Waals surface area contributed by atoms with Crippen molar-refractivity contribution in [1.82, 2.24) is 0 Å². The molecule has 1 aromatic heterocycles. The molecule has 176 valence electrons. The van der Waals surface area contributed by atoms with Crippen LogP contribution in [-0.2, 0) is 22.3 Å². The first-order chi connectivity index (χ1) is 16.8. The second-order valence-electron chi connectivity index (χ2n) is 8.98. The van der Waals surface area contributed by atoms with Crippen LogP contribution in [0.15, 0.2) is 48.5 Å². The first-order valence-electron chi connectivity index (χ1n) is 12.1. The molecule has 0 saturated carbocycles. The summed E-state index contributed by atoms with van der Waals surface area (Å²) in [5.41, 5.74) is 7.02. The molecule has 3 heterocycles. The number of fused-ring (bicyclic) bond motifs is 3. The molecule has 0 spiro atoms. The molecule has 3 aromatic rings. The summed E-state index contributed by atoms with van der Waals surface area (Å²) in [4.78, 5) is 20.1. The Hall–Kier alpha value is -2.87. The van der Waals surface area contributed by atoms with Crippen molar-refractivity contribution in [2.45, 2.75) is 12.8 Å². The molecule has 6 rings (SSSR count). The summed E-state index contributed by atoms with van der Waals surface area (Å²) in [5.74, 6) is -0.0366. The maximum Gasteiger partial charge on any atom is 0.265 e. The van der Waals surface area contributed by atoms with E-state index in [1.807, 2.05) is 0 Å². The average Bonchev–Trinajstić information content (AvgIpc) is 3.35. The van der Waals surface area contributed by atoms with Gasteiger partial charge in [-0.1, -0.05) is 24.3 Å². The summed E-state index contributed by atoms with van der Waals surface area (Å²) in [5, 5.41) is 3.23. The zero-order valence-electron chi connectivity index (χ0n) is 19.2. The van der Waals surface area contributed by atoms with E-state index in [-0.39, 0.29) is 5.91 Å². The van der Waals surface area contributed by atoms with Crippen LogP contribution >= 0.6 is 11.3 Å². The van der Waals surface area contributed by atoms with Crippen LogP contribution in [0.2, 0.25) is 0 Å². The first kappa shape index (κ1) is 21.6. The molecule has 1 amide bonds. The predicted molar refractivity (Wildman–Crippen MR) is 138 cm³/mol. The lowest BCUT2D eigenvalue weighted by Crippen LogP contribution is -2.38. The number of benzene rings is 2. The molecule has 6 nitrogen and oxygen atoms in total. The van der Waals surface area contributed by atoms with Gasteiger partial charge in [0.15, 0.2) is 0 Å². The second-order valence-corrected chi connectivity index (χ2v) is 10.0. The van der Waals surface area contributed by atoms with Gasteiger partial charge >= 0.3 is 0 Å². The van der Waals surface area contributed by atoms with Crippen molar-refractivity contribution in [3.05, 3.63) is 64.5 Å². The fraction of sp³-hybridized carbons (Fsp3) is 0.370. The molecule has 1 N–H and O–H groups in total. The van der Waals surface area contributed by atoms with Crippen LogP contribution in [-0.4, -0.2) is 58.5 Å². The second kappa shape index (κ2) is 9.41. The van der Waals surface area contributed by atoms with Crippen LogP contribution in [0.4, 0.5) is 17.1 Å². The normalized spacial score (nSPS) is 17.8. The van der Waals surface area contributed by atoms with E-state index < -0.39 is 0 Å². The van der Waals surface area contributed by atoms with Crippen LogP contribution < -0.4 is 15.1 Å². The van der Waals surface area contributed by atoms with Crippen molar-refractivity contribution in [3.63, 3.8) is 0 Å². The highest BCUT2D eigenvalue weighted by Crippen LogP contribution is 2.40. The Morgan fingerprint density at radius 1 is 0.824 bits per heavy atom. The Kier molecular flexibility index (Phi) is 5.99. The summed E-state index contributed by atoms with van der Waals surface area (Å²) < 4.78 is 11.1. The van der Waals surface area contributed by atoms with Gasteiger partial charge in [0.2, 0.25) is 0 Å². The smallest absolute Gasteiger partial charge is 0.265 e. The summed E-state index contributed by atoms with van der Waals surface area (Å²) in [6.45, 7) is 6.31. The van der Waals surface area contributed by atoms with Crippen molar-refractivity contribution in [1.29, 1.82) is 0 Å². The van der Waals surface area contributed by atoms with Crippen molar-refractivity contribution in [2.75, 3.05) is 67.7 Å². The zero-order valence-corrected chi connectivity index (χ0v) is 20.0. The molecular weight excluding hydrogens is 446 g/mol.